The third-order valence-corrected chi connectivity index (χ3v) is 4.74. The average Bonchev–Trinajstić information content (AvgIpc) is 3.10. The SMILES string of the molecule is N#CC(=Cc1cccc(Br)c1)c1nc(-c2cccc([N+](=O)[O-])c2)cs1. The zero-order valence-electron chi connectivity index (χ0n) is 12.7. The van der Waals surface area contributed by atoms with Gasteiger partial charge in [0, 0.05) is 27.5 Å². The molecule has 0 aliphatic carbocycles. The van der Waals surface area contributed by atoms with E-state index >= 15 is 0 Å². The summed E-state index contributed by atoms with van der Waals surface area (Å²) in [6.45, 7) is 0. The highest BCUT2D eigenvalue weighted by atomic mass is 79.9. The molecule has 0 bridgehead atoms. The van der Waals surface area contributed by atoms with Crippen LogP contribution in [-0.4, -0.2) is 9.91 Å². The number of nitriles is 1. The number of hydrogen-bond donors (Lipinski definition) is 0. The van der Waals surface area contributed by atoms with Crippen molar-refractivity contribution in [3.8, 4) is 17.3 Å². The fourth-order valence-corrected chi connectivity index (χ4v) is 3.43. The predicted molar refractivity (Wildman–Crippen MR) is 102 cm³/mol. The summed E-state index contributed by atoms with van der Waals surface area (Å²) < 4.78 is 0.926. The number of thiazole rings is 1. The van der Waals surface area contributed by atoms with Gasteiger partial charge in [-0.1, -0.05) is 40.2 Å². The highest BCUT2D eigenvalue weighted by Crippen LogP contribution is 2.29. The lowest BCUT2D eigenvalue weighted by molar-refractivity contribution is -0.384. The van der Waals surface area contributed by atoms with Gasteiger partial charge >= 0.3 is 0 Å². The second-order valence-corrected chi connectivity index (χ2v) is 6.84. The molecule has 0 aliphatic heterocycles. The molecule has 0 N–H and O–H groups in total. The third kappa shape index (κ3) is 3.99. The van der Waals surface area contributed by atoms with Gasteiger partial charge in [0.1, 0.15) is 11.1 Å². The molecule has 0 radical (unpaired) electrons. The fraction of sp³-hybridized carbons (Fsp3) is 0. The van der Waals surface area contributed by atoms with Gasteiger partial charge in [0.2, 0.25) is 0 Å². The van der Waals surface area contributed by atoms with Crippen LogP contribution in [0.1, 0.15) is 10.6 Å². The van der Waals surface area contributed by atoms with Gasteiger partial charge in [-0.15, -0.1) is 11.3 Å². The summed E-state index contributed by atoms with van der Waals surface area (Å²) in [4.78, 5) is 14.9. The van der Waals surface area contributed by atoms with Crippen molar-refractivity contribution >= 4 is 44.6 Å². The first kappa shape index (κ1) is 17.0. The Bertz CT molecular complexity index is 1020. The van der Waals surface area contributed by atoms with Crippen molar-refractivity contribution in [2.45, 2.75) is 0 Å². The summed E-state index contributed by atoms with van der Waals surface area (Å²) >= 11 is 4.73. The Morgan fingerprint density at radius 3 is 2.80 bits per heavy atom. The van der Waals surface area contributed by atoms with E-state index in [2.05, 4.69) is 27.0 Å². The van der Waals surface area contributed by atoms with Crippen LogP contribution in [0.4, 0.5) is 5.69 Å². The molecule has 1 aromatic heterocycles. The van der Waals surface area contributed by atoms with E-state index in [0.717, 1.165) is 10.0 Å². The highest BCUT2D eigenvalue weighted by Gasteiger charge is 2.12. The number of halogens is 1. The molecule has 3 rings (SSSR count). The molecular formula is C18H10BrN3O2S. The highest BCUT2D eigenvalue weighted by molar-refractivity contribution is 9.10. The maximum absolute atomic E-state index is 10.9. The van der Waals surface area contributed by atoms with Crippen molar-refractivity contribution < 1.29 is 4.92 Å². The van der Waals surface area contributed by atoms with Crippen LogP contribution in [0.15, 0.2) is 58.4 Å². The van der Waals surface area contributed by atoms with Gasteiger partial charge in [-0.25, -0.2) is 4.98 Å². The number of nitro benzene ring substituents is 1. The summed E-state index contributed by atoms with van der Waals surface area (Å²) in [7, 11) is 0. The van der Waals surface area contributed by atoms with Crippen LogP contribution in [0.5, 0.6) is 0 Å². The number of rotatable bonds is 4. The number of benzene rings is 2. The van der Waals surface area contributed by atoms with Crippen LogP contribution in [0.2, 0.25) is 0 Å². The Morgan fingerprint density at radius 1 is 1.28 bits per heavy atom. The van der Waals surface area contributed by atoms with Crippen LogP contribution in [-0.2, 0) is 0 Å². The van der Waals surface area contributed by atoms with E-state index in [1.54, 1.807) is 23.6 Å². The molecule has 0 saturated heterocycles. The van der Waals surface area contributed by atoms with Crippen LogP contribution >= 0.6 is 27.3 Å². The molecule has 25 heavy (non-hydrogen) atoms. The van der Waals surface area contributed by atoms with E-state index in [1.165, 1.54) is 23.5 Å². The van der Waals surface area contributed by atoms with Crippen LogP contribution in [0, 0.1) is 21.4 Å². The Morgan fingerprint density at radius 2 is 2.08 bits per heavy atom. The van der Waals surface area contributed by atoms with Crippen LogP contribution in [0.3, 0.4) is 0 Å². The molecule has 0 amide bonds. The maximum atomic E-state index is 10.9. The first-order valence-electron chi connectivity index (χ1n) is 7.15. The molecular weight excluding hydrogens is 402 g/mol. The van der Waals surface area contributed by atoms with E-state index in [0.29, 0.717) is 21.8 Å². The molecule has 5 nitrogen and oxygen atoms in total. The monoisotopic (exact) mass is 411 g/mol. The molecule has 0 unspecified atom stereocenters. The summed E-state index contributed by atoms with van der Waals surface area (Å²) in [5, 5.41) is 22.7. The quantitative estimate of drug-likeness (QED) is 0.320. The van der Waals surface area contributed by atoms with Gasteiger partial charge < -0.3 is 0 Å². The van der Waals surface area contributed by atoms with E-state index in [4.69, 9.17) is 0 Å². The molecule has 0 atom stereocenters. The van der Waals surface area contributed by atoms with Crippen molar-refractivity contribution in [2.24, 2.45) is 0 Å². The standard InChI is InChI=1S/C18H10BrN3O2S/c19-15-5-1-3-12(8-15)7-14(10-20)18-21-17(11-25-18)13-4-2-6-16(9-13)22(23)24/h1-9,11H. The van der Waals surface area contributed by atoms with Gasteiger partial charge in [-0.05, 0) is 23.8 Å². The van der Waals surface area contributed by atoms with Crippen molar-refractivity contribution in [2.75, 3.05) is 0 Å². The largest absolute Gasteiger partial charge is 0.270 e. The fourth-order valence-electron chi connectivity index (χ4n) is 2.21. The first-order valence-corrected chi connectivity index (χ1v) is 8.82. The second kappa shape index (κ2) is 7.38. The Hall–Kier alpha value is -2.82. The topological polar surface area (TPSA) is 79.8 Å². The number of nitro groups is 1. The summed E-state index contributed by atoms with van der Waals surface area (Å²) in [6.07, 6.45) is 1.76. The zero-order chi connectivity index (χ0) is 17.8. The summed E-state index contributed by atoms with van der Waals surface area (Å²) in [5.74, 6) is 0. The Balaban J connectivity index is 1.96. The smallest absolute Gasteiger partial charge is 0.258 e. The molecule has 0 saturated carbocycles. The van der Waals surface area contributed by atoms with Gasteiger partial charge in [0.05, 0.1) is 16.2 Å². The lowest BCUT2D eigenvalue weighted by atomic mass is 10.1. The van der Waals surface area contributed by atoms with Crippen LogP contribution in [0.25, 0.3) is 22.9 Å². The normalized spacial score (nSPS) is 11.1. The molecule has 0 fully saturated rings. The van der Waals surface area contributed by atoms with E-state index in [1.807, 2.05) is 24.3 Å². The molecule has 2 aromatic carbocycles. The van der Waals surface area contributed by atoms with E-state index in [-0.39, 0.29) is 5.69 Å². The number of allylic oxidation sites excluding steroid dienone is 1. The van der Waals surface area contributed by atoms with Gasteiger partial charge in [-0.3, -0.25) is 10.1 Å². The van der Waals surface area contributed by atoms with Gasteiger partial charge in [-0.2, -0.15) is 5.26 Å². The molecule has 1 heterocycles. The van der Waals surface area contributed by atoms with Crippen LogP contribution < -0.4 is 0 Å². The number of aromatic nitrogens is 1. The van der Waals surface area contributed by atoms with Crippen molar-refractivity contribution in [3.05, 3.63) is 79.1 Å². The lowest BCUT2D eigenvalue weighted by Crippen LogP contribution is -1.88. The van der Waals surface area contributed by atoms with E-state index < -0.39 is 4.92 Å². The minimum atomic E-state index is -0.440. The minimum Gasteiger partial charge on any atom is -0.258 e. The number of non-ortho nitro benzene ring substituents is 1. The molecule has 0 aliphatic rings. The second-order valence-electron chi connectivity index (χ2n) is 5.07. The maximum Gasteiger partial charge on any atom is 0.270 e. The summed E-state index contributed by atoms with van der Waals surface area (Å²) in [5.41, 5.74) is 2.60. The molecule has 3 aromatic rings. The number of hydrogen-bond acceptors (Lipinski definition) is 5. The minimum absolute atomic E-state index is 0.0113. The van der Waals surface area contributed by atoms with Crippen molar-refractivity contribution in [3.63, 3.8) is 0 Å². The predicted octanol–water partition coefficient (Wildman–Crippen LogP) is 5.54. The van der Waals surface area contributed by atoms with Crippen molar-refractivity contribution in [1.82, 2.24) is 4.98 Å². The van der Waals surface area contributed by atoms with Gasteiger partial charge in [0.25, 0.3) is 5.69 Å². The van der Waals surface area contributed by atoms with E-state index in [9.17, 15) is 15.4 Å². The average molecular weight is 412 g/mol. The molecule has 122 valence electrons. The van der Waals surface area contributed by atoms with Crippen molar-refractivity contribution in [1.29, 1.82) is 5.26 Å². The Kier molecular flexibility index (Phi) is 5.03. The third-order valence-electron chi connectivity index (χ3n) is 3.37. The number of nitrogens with zero attached hydrogens (tertiary/aromatic N) is 3. The summed E-state index contributed by atoms with van der Waals surface area (Å²) in [6, 6.07) is 16.1. The Labute approximate surface area is 156 Å². The molecule has 7 heteroatoms. The zero-order valence-corrected chi connectivity index (χ0v) is 15.1. The first-order chi connectivity index (χ1) is 12.1. The molecule has 0 spiro atoms. The lowest BCUT2D eigenvalue weighted by Gasteiger charge is -1.98. The van der Waals surface area contributed by atoms with Gasteiger partial charge in [0.15, 0.2) is 0 Å².